The first-order chi connectivity index (χ1) is 13.5. The van der Waals surface area contributed by atoms with Crippen molar-refractivity contribution in [1.29, 1.82) is 0 Å². The van der Waals surface area contributed by atoms with Crippen molar-refractivity contribution in [3.05, 3.63) is 42.5 Å². The van der Waals surface area contributed by atoms with Crippen molar-refractivity contribution < 1.29 is 24.2 Å². The van der Waals surface area contributed by atoms with E-state index in [4.69, 9.17) is 4.74 Å². The van der Waals surface area contributed by atoms with E-state index in [2.05, 4.69) is 5.32 Å². The third-order valence-electron chi connectivity index (χ3n) is 5.22. The minimum atomic E-state index is -0.980. The zero-order valence-corrected chi connectivity index (χ0v) is 15.4. The van der Waals surface area contributed by atoms with Gasteiger partial charge in [0.2, 0.25) is 11.8 Å². The number of hydrogen-bond donors (Lipinski definition) is 2. The molecular formula is C20H21N3O5. The Bertz CT molecular complexity index is 939. The molecule has 2 N–H and O–H groups in total. The maximum Gasteiger partial charge on any atom is 0.415 e. The molecule has 2 heterocycles. The number of rotatable bonds is 2. The van der Waals surface area contributed by atoms with Crippen molar-refractivity contribution in [2.45, 2.75) is 25.1 Å². The van der Waals surface area contributed by atoms with Crippen LogP contribution in [0.2, 0.25) is 0 Å². The Hall–Kier alpha value is -3.13. The van der Waals surface area contributed by atoms with Gasteiger partial charge >= 0.3 is 6.09 Å². The van der Waals surface area contributed by atoms with Crippen LogP contribution in [0.25, 0.3) is 10.8 Å². The predicted octanol–water partition coefficient (Wildman–Crippen LogP) is 0.731. The van der Waals surface area contributed by atoms with E-state index in [1.54, 1.807) is 6.07 Å². The molecule has 2 aliphatic heterocycles. The number of carbonyl (C=O) groups excluding carboxylic acids is 3. The Morgan fingerprint density at radius 1 is 1.18 bits per heavy atom. The first-order valence-electron chi connectivity index (χ1n) is 9.19. The van der Waals surface area contributed by atoms with Gasteiger partial charge in [-0.2, -0.15) is 0 Å². The second kappa shape index (κ2) is 7.12. The number of aliphatic hydroxyl groups excluding tert-OH is 1. The third kappa shape index (κ3) is 3.16. The van der Waals surface area contributed by atoms with E-state index in [9.17, 15) is 19.5 Å². The largest absolute Gasteiger partial charge is 0.415 e. The molecule has 0 bridgehead atoms. The third-order valence-corrected chi connectivity index (χ3v) is 5.22. The molecule has 0 aromatic heterocycles. The van der Waals surface area contributed by atoms with Gasteiger partial charge in [0.15, 0.2) is 0 Å². The van der Waals surface area contributed by atoms with E-state index in [1.165, 1.54) is 16.7 Å². The second-order valence-corrected chi connectivity index (χ2v) is 7.07. The van der Waals surface area contributed by atoms with Crippen LogP contribution in [0.15, 0.2) is 42.5 Å². The van der Waals surface area contributed by atoms with Gasteiger partial charge in [0.05, 0.1) is 12.6 Å². The molecule has 3 amide bonds. The molecule has 4 rings (SSSR count). The summed E-state index contributed by atoms with van der Waals surface area (Å²) in [4.78, 5) is 40.4. The Morgan fingerprint density at radius 3 is 2.71 bits per heavy atom. The number of fused-ring (bicyclic) bond motifs is 2. The number of piperazine rings is 2. The fraction of sp³-hybridized carbons (Fsp3) is 0.350. The summed E-state index contributed by atoms with van der Waals surface area (Å²) in [5, 5.41) is 14.0. The summed E-state index contributed by atoms with van der Waals surface area (Å²) in [5.74, 6) is -0.265. The highest BCUT2D eigenvalue weighted by Gasteiger charge is 2.45. The van der Waals surface area contributed by atoms with Gasteiger partial charge in [-0.1, -0.05) is 36.4 Å². The van der Waals surface area contributed by atoms with Crippen LogP contribution in [0.5, 0.6) is 5.75 Å². The molecule has 3 atom stereocenters. The topological polar surface area (TPSA) is 99.2 Å². The minimum absolute atomic E-state index is 0.0493. The summed E-state index contributed by atoms with van der Waals surface area (Å²) in [6, 6.07) is 11.3. The van der Waals surface area contributed by atoms with Crippen molar-refractivity contribution in [3.63, 3.8) is 0 Å². The number of carbonyl (C=O) groups is 3. The van der Waals surface area contributed by atoms with Gasteiger partial charge in [-0.15, -0.1) is 0 Å². The van der Waals surface area contributed by atoms with Crippen LogP contribution in [-0.4, -0.2) is 70.6 Å². The number of aliphatic hydroxyl groups is 1. The Kier molecular flexibility index (Phi) is 4.64. The van der Waals surface area contributed by atoms with Crippen LogP contribution in [-0.2, 0) is 9.59 Å². The summed E-state index contributed by atoms with van der Waals surface area (Å²) in [7, 11) is 0. The molecule has 2 aliphatic rings. The molecule has 2 aromatic carbocycles. The van der Waals surface area contributed by atoms with Crippen LogP contribution < -0.4 is 10.1 Å². The normalized spacial score (nSPS) is 23.2. The molecule has 2 fully saturated rings. The van der Waals surface area contributed by atoms with Crippen LogP contribution in [0.1, 0.15) is 6.92 Å². The van der Waals surface area contributed by atoms with Gasteiger partial charge in [-0.25, -0.2) is 4.79 Å². The fourth-order valence-electron chi connectivity index (χ4n) is 3.70. The summed E-state index contributed by atoms with van der Waals surface area (Å²) < 4.78 is 5.58. The smallest absolute Gasteiger partial charge is 0.410 e. The highest BCUT2D eigenvalue weighted by atomic mass is 16.6. The van der Waals surface area contributed by atoms with Gasteiger partial charge in [0, 0.05) is 18.5 Å². The average Bonchev–Trinajstić information content (AvgIpc) is 2.70. The maximum absolute atomic E-state index is 12.7. The quantitative estimate of drug-likeness (QED) is 0.797. The lowest BCUT2D eigenvalue weighted by Crippen LogP contribution is -2.71. The molecule has 0 saturated carbocycles. The summed E-state index contributed by atoms with van der Waals surface area (Å²) in [6.07, 6.45) is -1.54. The SMILES string of the molecule is C[C@@H](O)[C@@H]1NC(=O)[C@H]2CN(C(=O)Oc3cccc4ccccc34)CCN2C1=O. The Labute approximate surface area is 161 Å². The van der Waals surface area contributed by atoms with Gasteiger partial charge in [0.25, 0.3) is 0 Å². The molecule has 8 heteroatoms. The van der Waals surface area contributed by atoms with Crippen molar-refractivity contribution in [2.24, 2.45) is 0 Å². The van der Waals surface area contributed by atoms with Gasteiger partial charge in [0.1, 0.15) is 17.8 Å². The lowest BCUT2D eigenvalue weighted by atomic mass is 10.0. The van der Waals surface area contributed by atoms with Gasteiger partial charge < -0.3 is 25.0 Å². The molecule has 0 spiro atoms. The minimum Gasteiger partial charge on any atom is -0.410 e. The molecule has 0 radical (unpaired) electrons. The van der Waals surface area contributed by atoms with E-state index in [0.717, 1.165) is 10.8 Å². The highest BCUT2D eigenvalue weighted by molar-refractivity contribution is 5.98. The Balaban J connectivity index is 1.49. The molecule has 0 unspecified atom stereocenters. The highest BCUT2D eigenvalue weighted by Crippen LogP contribution is 2.26. The van der Waals surface area contributed by atoms with Gasteiger partial charge in [-0.3, -0.25) is 9.59 Å². The molecule has 2 saturated heterocycles. The van der Waals surface area contributed by atoms with Crippen LogP contribution >= 0.6 is 0 Å². The van der Waals surface area contributed by atoms with E-state index >= 15 is 0 Å². The van der Waals surface area contributed by atoms with Crippen molar-refractivity contribution in [1.82, 2.24) is 15.1 Å². The molecular weight excluding hydrogens is 362 g/mol. The van der Waals surface area contributed by atoms with E-state index in [1.807, 2.05) is 36.4 Å². The zero-order valence-electron chi connectivity index (χ0n) is 15.4. The van der Waals surface area contributed by atoms with Crippen LogP contribution in [0.4, 0.5) is 4.79 Å². The summed E-state index contributed by atoms with van der Waals surface area (Å²) in [6.45, 7) is 1.98. The number of ether oxygens (including phenoxy) is 1. The van der Waals surface area contributed by atoms with Crippen LogP contribution in [0, 0.1) is 0 Å². The molecule has 8 nitrogen and oxygen atoms in total. The van der Waals surface area contributed by atoms with E-state index in [0.29, 0.717) is 5.75 Å². The number of amides is 3. The van der Waals surface area contributed by atoms with E-state index in [-0.39, 0.29) is 31.4 Å². The standard InChI is InChI=1S/C20H21N3O5/c1-12(24)17-19(26)23-10-9-22(11-15(23)18(25)21-17)20(27)28-16-8-4-6-13-5-2-3-7-14(13)16/h2-8,12,15,17,24H,9-11H2,1H3,(H,21,25)/t12-,15-,17+/m1/s1. The lowest BCUT2D eigenvalue weighted by molar-refractivity contribution is -0.155. The maximum atomic E-state index is 12.7. The molecule has 28 heavy (non-hydrogen) atoms. The lowest BCUT2D eigenvalue weighted by Gasteiger charge is -2.45. The summed E-state index contributed by atoms with van der Waals surface area (Å²) in [5.41, 5.74) is 0. The monoisotopic (exact) mass is 383 g/mol. The molecule has 146 valence electrons. The van der Waals surface area contributed by atoms with Crippen LogP contribution in [0.3, 0.4) is 0 Å². The molecule has 2 aromatic rings. The van der Waals surface area contributed by atoms with Crippen molar-refractivity contribution in [3.8, 4) is 5.75 Å². The first kappa shape index (κ1) is 18.2. The van der Waals surface area contributed by atoms with Crippen molar-refractivity contribution >= 4 is 28.7 Å². The predicted molar refractivity (Wildman–Crippen MR) is 101 cm³/mol. The Morgan fingerprint density at radius 2 is 1.93 bits per heavy atom. The average molecular weight is 383 g/mol. The number of nitrogens with one attached hydrogen (secondary N) is 1. The fourth-order valence-corrected chi connectivity index (χ4v) is 3.70. The second-order valence-electron chi connectivity index (χ2n) is 7.07. The summed E-state index contributed by atoms with van der Waals surface area (Å²) >= 11 is 0. The van der Waals surface area contributed by atoms with Gasteiger partial charge in [-0.05, 0) is 18.4 Å². The first-order valence-corrected chi connectivity index (χ1v) is 9.19. The number of hydrogen-bond acceptors (Lipinski definition) is 5. The zero-order chi connectivity index (χ0) is 19.8. The number of nitrogens with zero attached hydrogens (tertiary/aromatic N) is 2. The van der Waals surface area contributed by atoms with Crippen molar-refractivity contribution in [2.75, 3.05) is 19.6 Å². The van der Waals surface area contributed by atoms with E-state index < -0.39 is 24.3 Å². The molecule has 0 aliphatic carbocycles. The number of benzene rings is 2.